The summed E-state index contributed by atoms with van der Waals surface area (Å²) in [4.78, 5) is 18.6. The molecule has 0 saturated carbocycles. The van der Waals surface area contributed by atoms with Crippen LogP contribution >= 0.6 is 0 Å². The van der Waals surface area contributed by atoms with Crippen LogP contribution in [0.2, 0.25) is 0 Å². The molecule has 172 valence electrons. The second-order valence-electron chi connectivity index (χ2n) is 8.08. The average molecular weight is 469 g/mol. The predicted molar refractivity (Wildman–Crippen MR) is 123 cm³/mol. The number of carbonyl (C=O) groups is 1. The highest BCUT2D eigenvalue weighted by Gasteiger charge is 2.20. The van der Waals surface area contributed by atoms with Crippen molar-refractivity contribution in [1.82, 2.24) is 20.6 Å². The molecular weight excluding hydrogens is 443 g/mol. The van der Waals surface area contributed by atoms with E-state index >= 15 is 0 Å². The first-order valence-corrected chi connectivity index (χ1v) is 12.2. The molecule has 0 bridgehead atoms. The molecule has 33 heavy (non-hydrogen) atoms. The van der Waals surface area contributed by atoms with Crippen molar-refractivity contribution in [3.63, 3.8) is 0 Å². The van der Waals surface area contributed by atoms with Gasteiger partial charge in [-0.15, -0.1) is 4.83 Å². The highest BCUT2D eigenvalue weighted by Crippen LogP contribution is 2.28. The van der Waals surface area contributed by atoms with Crippen LogP contribution in [0.15, 0.2) is 65.7 Å². The lowest BCUT2D eigenvalue weighted by atomic mass is 9.90. The first-order valence-electron chi connectivity index (χ1n) is 10.7. The van der Waals surface area contributed by atoms with Crippen LogP contribution in [-0.4, -0.2) is 32.4 Å². The zero-order valence-electron chi connectivity index (χ0n) is 18.1. The van der Waals surface area contributed by atoms with Crippen molar-refractivity contribution in [3.05, 3.63) is 83.3 Å². The first-order chi connectivity index (χ1) is 15.8. The second-order valence-corrected chi connectivity index (χ2v) is 9.73. The number of hydrogen-bond acceptors (Lipinski definition) is 5. The number of amides is 1. The molecule has 1 saturated heterocycles. The summed E-state index contributed by atoms with van der Waals surface area (Å²) in [5.74, 6) is -1.10. The molecule has 9 heteroatoms. The van der Waals surface area contributed by atoms with E-state index < -0.39 is 26.6 Å². The lowest BCUT2D eigenvalue weighted by Crippen LogP contribution is -2.41. The fourth-order valence-electron chi connectivity index (χ4n) is 3.98. The highest BCUT2D eigenvalue weighted by molar-refractivity contribution is 7.89. The third-order valence-electron chi connectivity index (χ3n) is 5.65. The van der Waals surface area contributed by atoms with Crippen LogP contribution in [0.25, 0.3) is 11.3 Å². The van der Waals surface area contributed by atoms with Gasteiger partial charge in [0.2, 0.25) is 0 Å². The Balaban J connectivity index is 1.54. The molecule has 3 N–H and O–H groups in total. The van der Waals surface area contributed by atoms with Crippen LogP contribution < -0.4 is 15.6 Å². The van der Waals surface area contributed by atoms with E-state index in [1.54, 1.807) is 18.3 Å². The molecule has 1 fully saturated rings. The van der Waals surface area contributed by atoms with Gasteiger partial charge in [0.15, 0.2) is 0 Å². The minimum Gasteiger partial charge on any atom is -0.317 e. The predicted octanol–water partition coefficient (Wildman–Crippen LogP) is 3.29. The molecule has 4 rings (SSSR count). The van der Waals surface area contributed by atoms with E-state index in [-0.39, 0.29) is 5.56 Å². The Hall–Kier alpha value is -3.14. The number of carbonyl (C=O) groups excluding carboxylic acids is 1. The lowest BCUT2D eigenvalue weighted by molar-refractivity contribution is 0.0945. The molecule has 0 atom stereocenters. The number of piperidine rings is 1. The standard InChI is InChI=1S/C24H25FN4O3S/c1-16-12-19(22-15-18(8-11-27-22)17-6-9-26-10-7-17)14-20(13-16)24(30)28-29-33(31,32)23-5-3-2-4-21(23)25/h2-5,8,11-15,17,26,29H,6-7,9-10H2,1H3,(H,28,30). The number of pyridine rings is 1. The maximum atomic E-state index is 13.9. The summed E-state index contributed by atoms with van der Waals surface area (Å²) in [5, 5.41) is 3.36. The number of halogens is 1. The first kappa shape index (κ1) is 23.0. The van der Waals surface area contributed by atoms with Gasteiger partial charge in [0.25, 0.3) is 15.9 Å². The lowest BCUT2D eigenvalue weighted by Gasteiger charge is -2.23. The number of aromatic nitrogens is 1. The van der Waals surface area contributed by atoms with Crippen molar-refractivity contribution in [2.24, 2.45) is 0 Å². The highest BCUT2D eigenvalue weighted by atomic mass is 32.2. The topological polar surface area (TPSA) is 100 Å². The zero-order chi connectivity index (χ0) is 23.4. The quantitative estimate of drug-likeness (QED) is 0.482. The zero-order valence-corrected chi connectivity index (χ0v) is 19.0. The Bertz CT molecular complexity index is 1270. The van der Waals surface area contributed by atoms with E-state index in [2.05, 4.69) is 15.7 Å². The van der Waals surface area contributed by atoms with Crippen LogP contribution in [0.5, 0.6) is 0 Å². The molecule has 3 aromatic rings. The summed E-state index contributed by atoms with van der Waals surface area (Å²) in [6.45, 7) is 3.82. The molecule has 2 aromatic carbocycles. The Morgan fingerprint density at radius 2 is 1.85 bits per heavy atom. The van der Waals surface area contributed by atoms with Crippen LogP contribution in [-0.2, 0) is 10.0 Å². The Labute approximate surface area is 192 Å². The number of rotatable bonds is 6. The number of nitrogens with zero attached hydrogens (tertiary/aromatic N) is 1. The normalized spacial score (nSPS) is 14.7. The number of sulfonamides is 1. The van der Waals surface area contributed by atoms with Gasteiger partial charge in [0, 0.05) is 17.3 Å². The van der Waals surface area contributed by atoms with Gasteiger partial charge in [0.05, 0.1) is 5.69 Å². The number of benzene rings is 2. The van der Waals surface area contributed by atoms with E-state index in [1.165, 1.54) is 17.7 Å². The minimum atomic E-state index is -4.26. The maximum absolute atomic E-state index is 13.9. The molecule has 0 aliphatic carbocycles. The number of hydrogen-bond donors (Lipinski definition) is 3. The number of hydrazine groups is 1. The molecule has 1 aliphatic rings. The molecular formula is C24H25FN4O3S. The van der Waals surface area contributed by atoms with E-state index in [1.807, 2.05) is 30.0 Å². The van der Waals surface area contributed by atoms with E-state index in [0.29, 0.717) is 5.92 Å². The summed E-state index contributed by atoms with van der Waals surface area (Å²) in [6.07, 6.45) is 3.90. The Morgan fingerprint density at radius 1 is 1.09 bits per heavy atom. The number of aryl methyl sites for hydroxylation is 1. The molecule has 1 amide bonds. The Morgan fingerprint density at radius 3 is 2.61 bits per heavy atom. The second kappa shape index (κ2) is 9.78. The largest absolute Gasteiger partial charge is 0.317 e. The Kier molecular flexibility index (Phi) is 6.83. The van der Waals surface area contributed by atoms with Crippen LogP contribution in [0, 0.1) is 12.7 Å². The van der Waals surface area contributed by atoms with E-state index in [0.717, 1.165) is 54.9 Å². The van der Waals surface area contributed by atoms with Gasteiger partial charge < -0.3 is 5.32 Å². The molecule has 0 radical (unpaired) electrons. The molecule has 1 aromatic heterocycles. The van der Waals surface area contributed by atoms with Crippen LogP contribution in [0.3, 0.4) is 0 Å². The molecule has 1 aliphatic heterocycles. The van der Waals surface area contributed by atoms with Crippen molar-refractivity contribution >= 4 is 15.9 Å². The van der Waals surface area contributed by atoms with Gasteiger partial charge in [-0.05, 0) is 92.4 Å². The van der Waals surface area contributed by atoms with Crippen molar-refractivity contribution in [1.29, 1.82) is 0 Å². The van der Waals surface area contributed by atoms with Crippen LogP contribution in [0.4, 0.5) is 4.39 Å². The summed E-state index contributed by atoms with van der Waals surface area (Å²) in [5.41, 5.74) is 5.96. The minimum absolute atomic E-state index is 0.260. The fourth-order valence-corrected chi connectivity index (χ4v) is 4.90. The van der Waals surface area contributed by atoms with Gasteiger partial charge in [-0.25, -0.2) is 12.8 Å². The van der Waals surface area contributed by atoms with Gasteiger partial charge in [-0.1, -0.05) is 12.1 Å². The molecule has 0 spiro atoms. The smallest absolute Gasteiger partial charge is 0.266 e. The SMILES string of the molecule is Cc1cc(C(=O)NNS(=O)(=O)c2ccccc2F)cc(-c2cc(C3CCNCC3)ccn2)c1. The van der Waals surface area contributed by atoms with Crippen molar-refractivity contribution in [2.75, 3.05) is 13.1 Å². The molecule has 7 nitrogen and oxygen atoms in total. The van der Waals surface area contributed by atoms with Gasteiger partial charge in [-0.3, -0.25) is 15.2 Å². The van der Waals surface area contributed by atoms with Crippen LogP contribution in [0.1, 0.15) is 40.2 Å². The third-order valence-corrected chi connectivity index (χ3v) is 6.94. The third kappa shape index (κ3) is 5.44. The van der Waals surface area contributed by atoms with E-state index in [4.69, 9.17) is 0 Å². The van der Waals surface area contributed by atoms with Gasteiger partial charge in [-0.2, -0.15) is 0 Å². The van der Waals surface area contributed by atoms with Gasteiger partial charge in [0.1, 0.15) is 10.7 Å². The maximum Gasteiger partial charge on any atom is 0.266 e. The van der Waals surface area contributed by atoms with Crippen molar-refractivity contribution < 1.29 is 17.6 Å². The molecule has 0 unspecified atom stereocenters. The fraction of sp³-hybridized carbons (Fsp3) is 0.250. The molecule has 2 heterocycles. The summed E-state index contributed by atoms with van der Waals surface area (Å²) in [7, 11) is -4.26. The average Bonchev–Trinajstić information content (AvgIpc) is 2.83. The summed E-state index contributed by atoms with van der Waals surface area (Å²) >= 11 is 0. The number of nitrogens with one attached hydrogen (secondary N) is 3. The van der Waals surface area contributed by atoms with E-state index in [9.17, 15) is 17.6 Å². The van der Waals surface area contributed by atoms with Gasteiger partial charge >= 0.3 is 0 Å². The monoisotopic (exact) mass is 468 g/mol. The van der Waals surface area contributed by atoms with Crippen molar-refractivity contribution in [3.8, 4) is 11.3 Å². The van der Waals surface area contributed by atoms with Crippen molar-refractivity contribution in [2.45, 2.75) is 30.6 Å². The summed E-state index contributed by atoms with van der Waals surface area (Å²) in [6, 6.07) is 14.3. The summed E-state index contributed by atoms with van der Waals surface area (Å²) < 4.78 is 38.6.